The summed E-state index contributed by atoms with van der Waals surface area (Å²) in [7, 11) is 1.66. The number of nitrogens with two attached hydrogens (primary N) is 1. The van der Waals surface area contributed by atoms with Crippen LogP contribution in [0.25, 0.3) is 11.3 Å². The van der Waals surface area contributed by atoms with Crippen LogP contribution in [-0.4, -0.2) is 16.9 Å². The highest BCUT2D eigenvalue weighted by Gasteiger charge is 2.19. The number of hydrogen-bond donors (Lipinski definition) is 1. The first-order valence-electron chi connectivity index (χ1n) is 5.93. The first-order valence-corrected chi connectivity index (χ1v) is 5.93. The van der Waals surface area contributed by atoms with E-state index in [0.29, 0.717) is 5.82 Å². The van der Waals surface area contributed by atoms with E-state index in [2.05, 4.69) is 25.9 Å². The van der Waals surface area contributed by atoms with Gasteiger partial charge in [-0.3, -0.25) is 0 Å². The number of aromatic nitrogens is 2. The van der Waals surface area contributed by atoms with E-state index in [-0.39, 0.29) is 5.54 Å². The van der Waals surface area contributed by atoms with Gasteiger partial charge in [-0.15, -0.1) is 0 Å². The van der Waals surface area contributed by atoms with Crippen molar-refractivity contribution in [3.05, 3.63) is 30.3 Å². The molecule has 2 aromatic rings. The lowest BCUT2D eigenvalue weighted by molar-refractivity contribution is 0.362. The van der Waals surface area contributed by atoms with Crippen LogP contribution in [0.15, 0.2) is 30.3 Å². The van der Waals surface area contributed by atoms with Gasteiger partial charge in [0.05, 0.1) is 18.3 Å². The summed E-state index contributed by atoms with van der Waals surface area (Å²) >= 11 is 0. The molecule has 0 unspecified atom stereocenters. The van der Waals surface area contributed by atoms with E-state index in [1.807, 2.05) is 35.0 Å². The summed E-state index contributed by atoms with van der Waals surface area (Å²) in [6, 6.07) is 9.68. The standard InChI is InChI=1S/C14H19N3O/c1-14(2,3)17-13(15)9-11(16-17)10-7-5-6-8-12(10)18-4/h5-9H,15H2,1-4H3. The average Bonchev–Trinajstić information content (AvgIpc) is 2.71. The molecule has 0 atom stereocenters. The molecule has 0 aliphatic carbocycles. The largest absolute Gasteiger partial charge is 0.496 e. The number of rotatable bonds is 2. The number of anilines is 1. The smallest absolute Gasteiger partial charge is 0.128 e. The van der Waals surface area contributed by atoms with Crippen molar-refractivity contribution in [2.45, 2.75) is 26.3 Å². The number of methoxy groups -OCH3 is 1. The SMILES string of the molecule is COc1ccccc1-c1cc(N)n(C(C)(C)C)n1. The zero-order valence-electron chi connectivity index (χ0n) is 11.3. The Hall–Kier alpha value is -1.97. The van der Waals surface area contributed by atoms with Crippen LogP contribution in [0, 0.1) is 0 Å². The lowest BCUT2D eigenvalue weighted by atomic mass is 10.1. The lowest BCUT2D eigenvalue weighted by Gasteiger charge is -2.20. The van der Waals surface area contributed by atoms with Gasteiger partial charge in [-0.25, -0.2) is 4.68 Å². The molecule has 2 N–H and O–H groups in total. The molecule has 4 nitrogen and oxygen atoms in total. The van der Waals surface area contributed by atoms with E-state index < -0.39 is 0 Å². The van der Waals surface area contributed by atoms with Crippen molar-refractivity contribution in [1.29, 1.82) is 0 Å². The Bertz CT molecular complexity index is 552. The van der Waals surface area contributed by atoms with Crippen molar-refractivity contribution in [3.8, 4) is 17.0 Å². The summed E-state index contributed by atoms with van der Waals surface area (Å²) in [4.78, 5) is 0. The van der Waals surface area contributed by atoms with Crippen LogP contribution in [0.4, 0.5) is 5.82 Å². The van der Waals surface area contributed by atoms with Gasteiger partial charge in [-0.1, -0.05) is 12.1 Å². The third-order valence-corrected chi connectivity index (χ3v) is 2.76. The number of benzene rings is 1. The van der Waals surface area contributed by atoms with Crippen LogP contribution in [0.5, 0.6) is 5.75 Å². The predicted molar refractivity (Wildman–Crippen MR) is 73.6 cm³/mol. The van der Waals surface area contributed by atoms with Gasteiger partial charge in [0.25, 0.3) is 0 Å². The van der Waals surface area contributed by atoms with Gasteiger partial charge in [0.1, 0.15) is 11.6 Å². The Morgan fingerprint density at radius 3 is 2.44 bits per heavy atom. The minimum Gasteiger partial charge on any atom is -0.496 e. The number of nitrogen functional groups attached to an aromatic ring is 1. The molecule has 18 heavy (non-hydrogen) atoms. The van der Waals surface area contributed by atoms with E-state index in [1.165, 1.54) is 0 Å². The molecule has 0 aliphatic rings. The highest BCUT2D eigenvalue weighted by molar-refractivity contribution is 5.69. The van der Waals surface area contributed by atoms with Crippen molar-refractivity contribution < 1.29 is 4.74 Å². The molecule has 96 valence electrons. The second-order valence-corrected chi connectivity index (χ2v) is 5.24. The van der Waals surface area contributed by atoms with Crippen LogP contribution in [-0.2, 0) is 5.54 Å². The molecule has 0 aliphatic heterocycles. The van der Waals surface area contributed by atoms with Crippen LogP contribution >= 0.6 is 0 Å². The van der Waals surface area contributed by atoms with Crippen LogP contribution in [0.3, 0.4) is 0 Å². The molecule has 4 heteroatoms. The fourth-order valence-electron chi connectivity index (χ4n) is 1.92. The number of para-hydroxylation sites is 1. The molecular weight excluding hydrogens is 226 g/mol. The molecule has 0 fully saturated rings. The van der Waals surface area contributed by atoms with Gasteiger partial charge >= 0.3 is 0 Å². The summed E-state index contributed by atoms with van der Waals surface area (Å²) < 4.78 is 7.17. The molecule has 0 amide bonds. The second kappa shape index (κ2) is 4.37. The van der Waals surface area contributed by atoms with Crippen LogP contribution in [0.2, 0.25) is 0 Å². The number of ether oxygens (including phenoxy) is 1. The third kappa shape index (κ3) is 2.18. The monoisotopic (exact) mass is 245 g/mol. The third-order valence-electron chi connectivity index (χ3n) is 2.76. The van der Waals surface area contributed by atoms with E-state index >= 15 is 0 Å². The lowest BCUT2D eigenvalue weighted by Crippen LogP contribution is -2.24. The summed E-state index contributed by atoms with van der Waals surface area (Å²) in [5.74, 6) is 1.46. The highest BCUT2D eigenvalue weighted by atomic mass is 16.5. The maximum absolute atomic E-state index is 6.02. The maximum Gasteiger partial charge on any atom is 0.128 e. The van der Waals surface area contributed by atoms with Crippen molar-refractivity contribution >= 4 is 5.82 Å². The molecule has 0 spiro atoms. The maximum atomic E-state index is 6.02. The Morgan fingerprint density at radius 1 is 1.22 bits per heavy atom. The topological polar surface area (TPSA) is 53.1 Å². The summed E-state index contributed by atoms with van der Waals surface area (Å²) in [6.07, 6.45) is 0. The van der Waals surface area contributed by atoms with Gasteiger partial charge in [-0.2, -0.15) is 5.10 Å². The molecule has 1 aromatic heterocycles. The fraction of sp³-hybridized carbons (Fsp3) is 0.357. The summed E-state index contributed by atoms with van der Waals surface area (Å²) in [5, 5.41) is 4.57. The molecule has 1 heterocycles. The zero-order chi connectivity index (χ0) is 13.3. The molecule has 0 radical (unpaired) electrons. The van der Waals surface area contributed by atoms with Gasteiger partial charge in [0.15, 0.2) is 0 Å². The summed E-state index contributed by atoms with van der Waals surface area (Å²) in [6.45, 7) is 6.22. The molecule has 0 saturated heterocycles. The summed E-state index contributed by atoms with van der Waals surface area (Å²) in [5.41, 5.74) is 7.67. The molecule has 0 bridgehead atoms. The minimum absolute atomic E-state index is 0.135. The Balaban J connectivity index is 2.53. The fourth-order valence-corrected chi connectivity index (χ4v) is 1.92. The number of hydrogen-bond acceptors (Lipinski definition) is 3. The van der Waals surface area contributed by atoms with Crippen molar-refractivity contribution in [3.63, 3.8) is 0 Å². The van der Waals surface area contributed by atoms with Crippen molar-refractivity contribution in [2.75, 3.05) is 12.8 Å². The van der Waals surface area contributed by atoms with E-state index in [1.54, 1.807) is 7.11 Å². The Labute approximate surface area is 107 Å². The quantitative estimate of drug-likeness (QED) is 0.885. The Morgan fingerprint density at radius 2 is 1.89 bits per heavy atom. The molecule has 0 saturated carbocycles. The highest BCUT2D eigenvalue weighted by Crippen LogP contribution is 2.31. The normalized spacial score (nSPS) is 11.6. The predicted octanol–water partition coefficient (Wildman–Crippen LogP) is 2.90. The minimum atomic E-state index is -0.135. The van der Waals surface area contributed by atoms with Gasteiger partial charge in [0, 0.05) is 11.6 Å². The average molecular weight is 245 g/mol. The van der Waals surface area contributed by atoms with E-state index in [0.717, 1.165) is 17.0 Å². The van der Waals surface area contributed by atoms with Crippen LogP contribution in [0.1, 0.15) is 20.8 Å². The van der Waals surface area contributed by atoms with E-state index in [9.17, 15) is 0 Å². The number of nitrogens with zero attached hydrogens (tertiary/aromatic N) is 2. The van der Waals surface area contributed by atoms with Crippen LogP contribution < -0.4 is 10.5 Å². The first-order chi connectivity index (χ1) is 8.43. The van der Waals surface area contributed by atoms with Gasteiger partial charge < -0.3 is 10.5 Å². The van der Waals surface area contributed by atoms with Crippen molar-refractivity contribution in [2.24, 2.45) is 0 Å². The second-order valence-electron chi connectivity index (χ2n) is 5.24. The molecule has 2 rings (SSSR count). The molecular formula is C14H19N3O. The van der Waals surface area contributed by atoms with Gasteiger partial charge in [-0.05, 0) is 32.9 Å². The first kappa shape index (κ1) is 12.5. The van der Waals surface area contributed by atoms with Crippen molar-refractivity contribution in [1.82, 2.24) is 9.78 Å². The van der Waals surface area contributed by atoms with E-state index in [4.69, 9.17) is 10.5 Å². The Kier molecular flexibility index (Phi) is 3.03. The van der Waals surface area contributed by atoms with Gasteiger partial charge in [0.2, 0.25) is 0 Å². The zero-order valence-corrected chi connectivity index (χ0v) is 11.3. The molecule has 1 aromatic carbocycles.